The molecule has 7 heteroatoms. The molecule has 2 fully saturated rings. The van der Waals surface area contributed by atoms with Crippen LogP contribution < -0.4 is 10.6 Å². The summed E-state index contributed by atoms with van der Waals surface area (Å²) in [6, 6.07) is 14.0. The number of benzene rings is 1. The number of carbonyl (C=O) groups is 2. The highest BCUT2D eigenvalue weighted by atomic mass is 16.4. The molecule has 1 aromatic heterocycles. The highest BCUT2D eigenvalue weighted by Gasteiger charge is 2.43. The molecule has 1 aliphatic carbocycles. The molecule has 4 N–H and O–H groups in total. The summed E-state index contributed by atoms with van der Waals surface area (Å²) in [5, 5.41) is 24.5. The molecule has 0 bridgehead atoms. The molecule has 2 heterocycles. The van der Waals surface area contributed by atoms with Gasteiger partial charge in [-0.05, 0) is 43.5 Å². The fourth-order valence-electron chi connectivity index (χ4n) is 3.68. The molecule has 1 aliphatic heterocycles. The van der Waals surface area contributed by atoms with Crippen molar-refractivity contribution in [2.45, 2.75) is 43.9 Å². The van der Waals surface area contributed by atoms with Gasteiger partial charge in [0.1, 0.15) is 5.69 Å². The van der Waals surface area contributed by atoms with Crippen LogP contribution in [0, 0.1) is 0 Å². The van der Waals surface area contributed by atoms with Crippen molar-refractivity contribution in [1.82, 2.24) is 15.2 Å². The van der Waals surface area contributed by atoms with Crippen LogP contribution in [0.4, 0.5) is 0 Å². The smallest absolute Gasteiger partial charge is 0.300 e. The van der Waals surface area contributed by atoms with E-state index in [1.807, 2.05) is 48.7 Å². The van der Waals surface area contributed by atoms with Gasteiger partial charge in [0.2, 0.25) is 0 Å². The largest absolute Gasteiger partial charge is 0.481 e. The van der Waals surface area contributed by atoms with Crippen molar-refractivity contribution < 1.29 is 19.8 Å². The number of piperidine rings is 1. The van der Waals surface area contributed by atoms with E-state index >= 15 is 0 Å². The highest BCUT2D eigenvalue weighted by Crippen LogP contribution is 2.37. The maximum absolute atomic E-state index is 13.0. The van der Waals surface area contributed by atoms with Crippen LogP contribution in [0.25, 0.3) is 0 Å². The van der Waals surface area contributed by atoms with Crippen LogP contribution in [0.1, 0.15) is 48.3 Å². The van der Waals surface area contributed by atoms with E-state index in [-0.39, 0.29) is 5.91 Å². The average Bonchev–Trinajstić information content (AvgIpc) is 3.40. The second kappa shape index (κ2) is 8.58. The first-order valence-electron chi connectivity index (χ1n) is 9.57. The molecule has 2 aromatic rings. The Kier molecular flexibility index (Phi) is 6.16. The van der Waals surface area contributed by atoms with E-state index < -0.39 is 17.6 Å². The van der Waals surface area contributed by atoms with Gasteiger partial charge in [0.25, 0.3) is 11.9 Å². The van der Waals surface area contributed by atoms with Gasteiger partial charge in [-0.1, -0.05) is 30.3 Å². The Hall–Kier alpha value is -2.64. The van der Waals surface area contributed by atoms with E-state index in [4.69, 9.17) is 9.90 Å². The predicted molar refractivity (Wildman–Crippen MR) is 105 cm³/mol. The summed E-state index contributed by atoms with van der Waals surface area (Å²) in [6.45, 7) is 2.31. The van der Waals surface area contributed by atoms with E-state index in [1.54, 1.807) is 0 Å². The van der Waals surface area contributed by atoms with E-state index in [9.17, 15) is 9.90 Å². The second-order valence-corrected chi connectivity index (χ2v) is 7.31. The Bertz CT molecular complexity index is 812. The predicted octanol–water partition coefficient (Wildman–Crippen LogP) is 1.89. The third-order valence-electron chi connectivity index (χ3n) is 5.18. The van der Waals surface area contributed by atoms with Crippen molar-refractivity contribution in [3.05, 3.63) is 59.9 Å². The van der Waals surface area contributed by atoms with Crippen LogP contribution in [0.3, 0.4) is 0 Å². The quantitative estimate of drug-likeness (QED) is 0.644. The monoisotopic (exact) mass is 385 g/mol. The molecule has 1 saturated heterocycles. The number of nitrogens with zero attached hydrogens (tertiary/aromatic N) is 1. The molecule has 28 heavy (non-hydrogen) atoms. The fraction of sp³-hybridized carbons (Fsp3) is 0.429. The molecule has 1 aromatic carbocycles. The van der Waals surface area contributed by atoms with Crippen LogP contribution in [0.5, 0.6) is 0 Å². The lowest BCUT2D eigenvalue weighted by Crippen LogP contribution is -2.61. The molecule has 2 aliphatic rings. The van der Waals surface area contributed by atoms with E-state index in [0.29, 0.717) is 24.7 Å². The zero-order valence-electron chi connectivity index (χ0n) is 16.0. The summed E-state index contributed by atoms with van der Waals surface area (Å²) in [4.78, 5) is 22.0. The van der Waals surface area contributed by atoms with Crippen LogP contribution >= 0.6 is 0 Å². The SMILES string of the molecule is CC(=O)O.O=C(N[C@]1(c2ccccc2)CCNC[C@H]1O)c1cccn1C1CC1. The standard InChI is InChI=1S/C19H23N3O2.C2H4O2/c23-17-13-20-11-10-19(17,14-5-2-1-3-6-14)21-18(24)16-7-4-12-22(16)15-8-9-15;1-2(3)4/h1-7,12,15,17,20,23H,8-11,13H2,(H,21,24);1H3,(H,3,4)/t17-,19+;/m1./s1. The van der Waals surface area contributed by atoms with Gasteiger partial charge in [-0.25, -0.2) is 0 Å². The van der Waals surface area contributed by atoms with Crippen molar-refractivity contribution in [2.24, 2.45) is 0 Å². The van der Waals surface area contributed by atoms with Crippen LogP contribution in [-0.2, 0) is 10.3 Å². The average molecular weight is 385 g/mol. The lowest BCUT2D eigenvalue weighted by Gasteiger charge is -2.43. The third-order valence-corrected chi connectivity index (χ3v) is 5.18. The molecule has 0 radical (unpaired) electrons. The van der Waals surface area contributed by atoms with Crippen molar-refractivity contribution in [2.75, 3.05) is 13.1 Å². The van der Waals surface area contributed by atoms with Gasteiger partial charge in [0.05, 0.1) is 11.6 Å². The van der Waals surface area contributed by atoms with Crippen molar-refractivity contribution >= 4 is 11.9 Å². The number of carbonyl (C=O) groups excluding carboxylic acids is 1. The van der Waals surface area contributed by atoms with Crippen LogP contribution in [0.15, 0.2) is 48.7 Å². The van der Waals surface area contributed by atoms with Crippen molar-refractivity contribution in [3.63, 3.8) is 0 Å². The number of amides is 1. The summed E-state index contributed by atoms with van der Waals surface area (Å²) in [5.41, 5.74) is 0.887. The van der Waals surface area contributed by atoms with Crippen LogP contribution in [0.2, 0.25) is 0 Å². The molecular weight excluding hydrogens is 358 g/mol. The number of carboxylic acid groups (broad SMARTS) is 1. The maximum Gasteiger partial charge on any atom is 0.300 e. The summed E-state index contributed by atoms with van der Waals surface area (Å²) >= 11 is 0. The minimum Gasteiger partial charge on any atom is -0.481 e. The molecule has 0 spiro atoms. The molecule has 2 atom stereocenters. The zero-order chi connectivity index (χ0) is 20.1. The first-order chi connectivity index (χ1) is 13.4. The number of aliphatic carboxylic acids is 1. The van der Waals surface area contributed by atoms with Crippen molar-refractivity contribution in [3.8, 4) is 0 Å². The Morgan fingerprint density at radius 3 is 2.46 bits per heavy atom. The second-order valence-electron chi connectivity index (χ2n) is 7.31. The molecule has 150 valence electrons. The maximum atomic E-state index is 13.0. The minimum absolute atomic E-state index is 0.114. The number of aliphatic hydroxyl groups excluding tert-OH is 1. The van der Waals surface area contributed by atoms with E-state index in [0.717, 1.165) is 31.9 Å². The molecular formula is C21H27N3O4. The first kappa shape index (κ1) is 20.1. The van der Waals surface area contributed by atoms with Gasteiger partial charge < -0.3 is 25.4 Å². The van der Waals surface area contributed by atoms with Crippen LogP contribution in [-0.4, -0.2) is 45.9 Å². The lowest BCUT2D eigenvalue weighted by atomic mass is 9.79. The summed E-state index contributed by atoms with van der Waals surface area (Å²) < 4.78 is 2.06. The van der Waals surface area contributed by atoms with Gasteiger partial charge in [0.15, 0.2) is 0 Å². The Labute approximate surface area is 164 Å². The summed E-state index contributed by atoms with van der Waals surface area (Å²) in [6.07, 6.45) is 4.23. The number of β-amino-alcohol motifs (C(OH)–C–C–N with tert-alkyl or cyclic N) is 1. The molecule has 4 rings (SSSR count). The fourth-order valence-corrected chi connectivity index (χ4v) is 3.68. The Morgan fingerprint density at radius 2 is 1.86 bits per heavy atom. The normalized spacial score (nSPS) is 24.0. The van der Waals surface area contributed by atoms with Gasteiger partial charge in [-0.15, -0.1) is 0 Å². The van der Waals surface area contributed by atoms with Gasteiger partial charge in [-0.3, -0.25) is 9.59 Å². The van der Waals surface area contributed by atoms with E-state index in [2.05, 4.69) is 15.2 Å². The van der Waals surface area contributed by atoms with E-state index in [1.165, 1.54) is 0 Å². The molecule has 1 saturated carbocycles. The Balaban J connectivity index is 0.000000516. The molecule has 0 unspecified atom stereocenters. The Morgan fingerprint density at radius 1 is 1.18 bits per heavy atom. The number of carboxylic acids is 1. The lowest BCUT2D eigenvalue weighted by molar-refractivity contribution is -0.134. The van der Waals surface area contributed by atoms with Gasteiger partial charge in [0, 0.05) is 25.7 Å². The summed E-state index contributed by atoms with van der Waals surface area (Å²) in [7, 11) is 0. The van der Waals surface area contributed by atoms with Crippen molar-refractivity contribution in [1.29, 1.82) is 0 Å². The summed E-state index contributed by atoms with van der Waals surface area (Å²) in [5.74, 6) is -0.947. The van der Waals surface area contributed by atoms with Gasteiger partial charge >= 0.3 is 0 Å². The topological polar surface area (TPSA) is 104 Å². The number of rotatable bonds is 4. The number of hydrogen-bond donors (Lipinski definition) is 4. The van der Waals surface area contributed by atoms with Gasteiger partial charge in [-0.2, -0.15) is 0 Å². The minimum atomic E-state index is -0.833. The molecule has 7 nitrogen and oxygen atoms in total. The zero-order valence-corrected chi connectivity index (χ0v) is 16.0. The molecule has 1 amide bonds. The number of hydrogen-bond acceptors (Lipinski definition) is 4. The third kappa shape index (κ3) is 4.43. The number of aliphatic hydroxyl groups is 1. The number of aromatic nitrogens is 1. The highest BCUT2D eigenvalue weighted by molar-refractivity contribution is 5.93. The number of nitrogens with one attached hydrogen (secondary N) is 2. The first-order valence-corrected chi connectivity index (χ1v) is 9.57.